The molecule has 0 aliphatic heterocycles. The van der Waals surface area contributed by atoms with Crippen LogP contribution in [0, 0.1) is 0 Å². The van der Waals surface area contributed by atoms with Crippen LogP contribution in [0.25, 0.3) is 0 Å². The lowest BCUT2D eigenvalue weighted by atomic mass is 10.1. The summed E-state index contributed by atoms with van der Waals surface area (Å²) in [7, 11) is 0. The van der Waals surface area contributed by atoms with Crippen molar-refractivity contribution in [2.45, 2.75) is 13.0 Å². The number of nitrogens with two attached hydrogens (primary N) is 1. The molecule has 1 unspecified atom stereocenters. The first-order chi connectivity index (χ1) is 8.11. The number of hydrogen-bond acceptors (Lipinski definition) is 3. The standard InChI is InChI=1S/C12H17N3O2.ClH/c1-9(16)14-7-8-15-12(17)11(13)10-5-3-2-4-6-10;/h2-6,11H,7-8,13H2,1H3,(H,14,16)(H,15,17);1H. The Morgan fingerprint density at radius 2 is 1.72 bits per heavy atom. The Labute approximate surface area is 113 Å². The Hall–Kier alpha value is -1.59. The number of hydrogen-bond donors (Lipinski definition) is 3. The highest BCUT2D eigenvalue weighted by atomic mass is 35.5. The monoisotopic (exact) mass is 271 g/mol. The molecule has 0 fully saturated rings. The quantitative estimate of drug-likeness (QED) is 0.676. The summed E-state index contributed by atoms with van der Waals surface area (Å²) in [5.41, 5.74) is 6.55. The number of carbonyl (C=O) groups is 2. The van der Waals surface area contributed by atoms with Gasteiger partial charge in [-0.3, -0.25) is 9.59 Å². The number of halogens is 1. The lowest BCUT2D eigenvalue weighted by Gasteiger charge is -2.12. The summed E-state index contributed by atoms with van der Waals surface area (Å²) < 4.78 is 0. The van der Waals surface area contributed by atoms with Crippen LogP contribution in [0.15, 0.2) is 30.3 Å². The Morgan fingerprint density at radius 3 is 2.28 bits per heavy atom. The molecule has 0 bridgehead atoms. The first-order valence-electron chi connectivity index (χ1n) is 5.44. The highest BCUT2D eigenvalue weighted by Crippen LogP contribution is 2.08. The van der Waals surface area contributed by atoms with Crippen molar-refractivity contribution in [3.63, 3.8) is 0 Å². The molecule has 1 rings (SSSR count). The molecule has 0 aliphatic carbocycles. The molecule has 1 aromatic carbocycles. The van der Waals surface area contributed by atoms with E-state index in [2.05, 4.69) is 10.6 Å². The van der Waals surface area contributed by atoms with Crippen LogP contribution in [0.3, 0.4) is 0 Å². The molecule has 0 aliphatic rings. The zero-order chi connectivity index (χ0) is 12.7. The van der Waals surface area contributed by atoms with E-state index < -0.39 is 6.04 Å². The molecule has 0 spiro atoms. The molecule has 0 radical (unpaired) electrons. The molecular weight excluding hydrogens is 254 g/mol. The minimum absolute atomic E-state index is 0. The molecule has 2 amide bonds. The van der Waals surface area contributed by atoms with E-state index in [1.54, 1.807) is 12.1 Å². The number of rotatable bonds is 5. The maximum absolute atomic E-state index is 11.6. The molecule has 0 saturated carbocycles. The highest BCUT2D eigenvalue weighted by molar-refractivity contribution is 5.85. The van der Waals surface area contributed by atoms with Gasteiger partial charge in [0.2, 0.25) is 11.8 Å². The normalized spacial score (nSPS) is 11.0. The van der Waals surface area contributed by atoms with Crippen LogP contribution in [0.4, 0.5) is 0 Å². The fraction of sp³-hybridized carbons (Fsp3) is 0.333. The van der Waals surface area contributed by atoms with Crippen LogP contribution < -0.4 is 16.4 Å². The van der Waals surface area contributed by atoms with E-state index in [-0.39, 0.29) is 24.2 Å². The Bertz CT molecular complexity index is 384. The van der Waals surface area contributed by atoms with Crippen LogP contribution >= 0.6 is 12.4 Å². The maximum atomic E-state index is 11.6. The molecule has 100 valence electrons. The average molecular weight is 272 g/mol. The first kappa shape index (κ1) is 16.4. The van der Waals surface area contributed by atoms with E-state index >= 15 is 0 Å². The summed E-state index contributed by atoms with van der Waals surface area (Å²) in [4.78, 5) is 22.2. The summed E-state index contributed by atoms with van der Waals surface area (Å²) in [6, 6.07) is 8.47. The van der Waals surface area contributed by atoms with Crippen LogP contribution in [0.2, 0.25) is 0 Å². The SMILES string of the molecule is CC(=O)NCCNC(=O)C(N)c1ccccc1.Cl. The number of nitrogens with one attached hydrogen (secondary N) is 2. The van der Waals surface area contributed by atoms with Crippen LogP contribution in [0.1, 0.15) is 18.5 Å². The first-order valence-corrected chi connectivity index (χ1v) is 5.44. The van der Waals surface area contributed by atoms with Gasteiger partial charge in [-0.05, 0) is 5.56 Å². The topological polar surface area (TPSA) is 84.2 Å². The van der Waals surface area contributed by atoms with Gasteiger partial charge in [-0.2, -0.15) is 0 Å². The zero-order valence-corrected chi connectivity index (χ0v) is 11.0. The van der Waals surface area contributed by atoms with Crippen molar-refractivity contribution in [3.8, 4) is 0 Å². The Morgan fingerprint density at radius 1 is 1.17 bits per heavy atom. The maximum Gasteiger partial charge on any atom is 0.241 e. The predicted molar refractivity (Wildman–Crippen MR) is 72.3 cm³/mol. The number of carbonyl (C=O) groups excluding carboxylic acids is 2. The van der Waals surface area contributed by atoms with Gasteiger partial charge in [-0.1, -0.05) is 30.3 Å². The third-order valence-corrected chi connectivity index (χ3v) is 2.24. The van der Waals surface area contributed by atoms with Crippen molar-refractivity contribution in [2.24, 2.45) is 5.73 Å². The van der Waals surface area contributed by atoms with E-state index in [1.807, 2.05) is 18.2 Å². The lowest BCUT2D eigenvalue weighted by molar-refractivity contribution is -0.123. The third kappa shape index (κ3) is 5.65. The smallest absolute Gasteiger partial charge is 0.241 e. The molecule has 4 N–H and O–H groups in total. The molecule has 0 saturated heterocycles. The second-order valence-corrected chi connectivity index (χ2v) is 3.66. The van der Waals surface area contributed by atoms with Gasteiger partial charge >= 0.3 is 0 Å². The van der Waals surface area contributed by atoms with Gasteiger partial charge in [0, 0.05) is 20.0 Å². The molecule has 6 heteroatoms. The van der Waals surface area contributed by atoms with Crippen molar-refractivity contribution < 1.29 is 9.59 Å². The van der Waals surface area contributed by atoms with Crippen molar-refractivity contribution >= 4 is 24.2 Å². The number of amides is 2. The van der Waals surface area contributed by atoms with Gasteiger partial charge in [0.25, 0.3) is 0 Å². The molecule has 1 aromatic rings. The molecule has 0 heterocycles. The van der Waals surface area contributed by atoms with Gasteiger partial charge < -0.3 is 16.4 Å². The molecule has 5 nitrogen and oxygen atoms in total. The summed E-state index contributed by atoms with van der Waals surface area (Å²) >= 11 is 0. The van der Waals surface area contributed by atoms with Gasteiger partial charge in [-0.15, -0.1) is 12.4 Å². The second-order valence-electron chi connectivity index (χ2n) is 3.66. The van der Waals surface area contributed by atoms with E-state index in [1.165, 1.54) is 6.92 Å². The van der Waals surface area contributed by atoms with E-state index in [9.17, 15) is 9.59 Å². The van der Waals surface area contributed by atoms with Crippen molar-refractivity contribution in [1.82, 2.24) is 10.6 Å². The fourth-order valence-corrected chi connectivity index (χ4v) is 1.35. The van der Waals surface area contributed by atoms with Crippen molar-refractivity contribution in [1.29, 1.82) is 0 Å². The minimum Gasteiger partial charge on any atom is -0.355 e. The summed E-state index contributed by atoms with van der Waals surface area (Å²) in [6.45, 7) is 2.21. The van der Waals surface area contributed by atoms with Gasteiger partial charge in [0.1, 0.15) is 6.04 Å². The Kier molecular flexibility index (Phi) is 7.74. The van der Waals surface area contributed by atoms with Gasteiger partial charge in [-0.25, -0.2) is 0 Å². The predicted octanol–water partition coefficient (Wildman–Crippen LogP) is 0.361. The highest BCUT2D eigenvalue weighted by Gasteiger charge is 2.14. The van der Waals surface area contributed by atoms with E-state index in [0.717, 1.165) is 5.56 Å². The average Bonchev–Trinajstić information content (AvgIpc) is 2.34. The molecule has 18 heavy (non-hydrogen) atoms. The zero-order valence-electron chi connectivity index (χ0n) is 10.2. The minimum atomic E-state index is -0.673. The van der Waals surface area contributed by atoms with Crippen molar-refractivity contribution in [3.05, 3.63) is 35.9 Å². The summed E-state index contributed by atoms with van der Waals surface area (Å²) in [5.74, 6) is -0.367. The van der Waals surface area contributed by atoms with Crippen LogP contribution in [0.5, 0.6) is 0 Å². The second kappa shape index (κ2) is 8.49. The summed E-state index contributed by atoms with van der Waals surface area (Å²) in [5, 5.41) is 5.24. The third-order valence-electron chi connectivity index (χ3n) is 2.24. The molecule has 1 atom stereocenters. The lowest BCUT2D eigenvalue weighted by Crippen LogP contribution is -2.38. The largest absolute Gasteiger partial charge is 0.355 e. The van der Waals surface area contributed by atoms with E-state index in [4.69, 9.17) is 5.73 Å². The van der Waals surface area contributed by atoms with Gasteiger partial charge in [0.15, 0.2) is 0 Å². The number of benzene rings is 1. The van der Waals surface area contributed by atoms with E-state index in [0.29, 0.717) is 13.1 Å². The Balaban J connectivity index is 0.00000289. The fourth-order valence-electron chi connectivity index (χ4n) is 1.35. The summed E-state index contributed by atoms with van der Waals surface area (Å²) in [6.07, 6.45) is 0. The van der Waals surface area contributed by atoms with Crippen molar-refractivity contribution in [2.75, 3.05) is 13.1 Å². The van der Waals surface area contributed by atoms with Crippen LogP contribution in [-0.2, 0) is 9.59 Å². The van der Waals surface area contributed by atoms with Gasteiger partial charge in [0.05, 0.1) is 0 Å². The molecule has 0 aromatic heterocycles. The van der Waals surface area contributed by atoms with Crippen LogP contribution in [-0.4, -0.2) is 24.9 Å². The molecular formula is C12H18ClN3O2.